The molecule has 0 bridgehead atoms. The van der Waals surface area contributed by atoms with Gasteiger partial charge in [-0.05, 0) is 62.6 Å². The van der Waals surface area contributed by atoms with Gasteiger partial charge in [0.2, 0.25) is 5.91 Å². The number of nitrogens with zero attached hydrogens (tertiary/aromatic N) is 1. The van der Waals surface area contributed by atoms with Crippen LogP contribution in [0, 0.1) is 20.8 Å². The number of ketones is 1. The molecule has 6 heteroatoms. The minimum Gasteiger partial charge on any atom is -0.481 e. The predicted octanol–water partition coefficient (Wildman–Crippen LogP) is 3.54. The van der Waals surface area contributed by atoms with Crippen LogP contribution in [0.3, 0.4) is 0 Å². The summed E-state index contributed by atoms with van der Waals surface area (Å²) in [6.07, 6.45) is 1.40. The lowest BCUT2D eigenvalue weighted by molar-refractivity contribution is -0.144. The molecule has 0 unspecified atom stereocenters. The molecule has 1 saturated heterocycles. The molecule has 0 aliphatic carbocycles. The Morgan fingerprint density at radius 2 is 1.66 bits per heavy atom. The van der Waals surface area contributed by atoms with Gasteiger partial charge in [-0.3, -0.25) is 9.59 Å². The van der Waals surface area contributed by atoms with Crippen molar-refractivity contribution in [2.45, 2.75) is 33.6 Å². The summed E-state index contributed by atoms with van der Waals surface area (Å²) < 4.78 is 10.6. The quantitative estimate of drug-likeness (QED) is 0.530. The van der Waals surface area contributed by atoms with Crippen molar-refractivity contribution in [3.05, 3.63) is 58.7 Å². The Kier molecular flexibility index (Phi) is 6.32. The van der Waals surface area contributed by atoms with Gasteiger partial charge < -0.3 is 14.4 Å². The number of carbonyl (C=O) groups excluding carboxylic acids is 3. The third-order valence-electron chi connectivity index (χ3n) is 4.88. The van der Waals surface area contributed by atoms with Crippen LogP contribution in [0.1, 0.15) is 39.9 Å². The standard InChI is InChI=1S/C23H25NO5/c1-15-11-16(2)23(17(3)12-15)29-14-22(27)28-13-20(25)18-6-8-19(9-7-18)24-10-4-5-21(24)26/h6-9,11-12H,4-5,10,13-14H2,1-3H3. The Morgan fingerprint density at radius 3 is 2.24 bits per heavy atom. The van der Waals surface area contributed by atoms with Crippen LogP contribution in [-0.4, -0.2) is 37.4 Å². The maximum absolute atomic E-state index is 12.3. The van der Waals surface area contributed by atoms with Gasteiger partial charge in [-0.15, -0.1) is 0 Å². The molecule has 0 radical (unpaired) electrons. The number of aryl methyl sites for hydroxylation is 3. The lowest BCUT2D eigenvalue weighted by Gasteiger charge is -2.15. The highest BCUT2D eigenvalue weighted by Crippen LogP contribution is 2.24. The summed E-state index contributed by atoms with van der Waals surface area (Å²) in [5.41, 5.74) is 4.23. The molecule has 0 N–H and O–H groups in total. The third-order valence-corrected chi connectivity index (χ3v) is 4.88. The minimum absolute atomic E-state index is 0.0945. The predicted molar refractivity (Wildman–Crippen MR) is 109 cm³/mol. The van der Waals surface area contributed by atoms with E-state index in [9.17, 15) is 14.4 Å². The smallest absolute Gasteiger partial charge is 0.344 e. The first-order valence-corrected chi connectivity index (χ1v) is 9.65. The molecule has 0 atom stereocenters. The van der Waals surface area contributed by atoms with Crippen LogP contribution in [0.2, 0.25) is 0 Å². The summed E-state index contributed by atoms with van der Waals surface area (Å²) >= 11 is 0. The van der Waals surface area contributed by atoms with Gasteiger partial charge >= 0.3 is 5.97 Å². The molecule has 29 heavy (non-hydrogen) atoms. The first kappa shape index (κ1) is 20.6. The molecule has 6 nitrogen and oxygen atoms in total. The van der Waals surface area contributed by atoms with E-state index in [1.54, 1.807) is 29.2 Å². The van der Waals surface area contributed by atoms with Crippen LogP contribution >= 0.6 is 0 Å². The maximum atomic E-state index is 12.3. The van der Waals surface area contributed by atoms with Crippen LogP contribution in [-0.2, 0) is 14.3 Å². The van der Waals surface area contributed by atoms with E-state index >= 15 is 0 Å². The number of amides is 1. The van der Waals surface area contributed by atoms with E-state index < -0.39 is 5.97 Å². The second kappa shape index (κ2) is 8.90. The van der Waals surface area contributed by atoms with Gasteiger partial charge in [0, 0.05) is 24.2 Å². The number of esters is 1. The number of carbonyl (C=O) groups is 3. The second-order valence-corrected chi connectivity index (χ2v) is 7.30. The molecule has 2 aromatic rings. The molecule has 3 rings (SSSR count). The van der Waals surface area contributed by atoms with Crippen molar-refractivity contribution in [1.29, 1.82) is 0 Å². The van der Waals surface area contributed by atoms with Crippen LogP contribution in [0.4, 0.5) is 5.69 Å². The van der Waals surface area contributed by atoms with Gasteiger partial charge in [0.05, 0.1) is 0 Å². The number of hydrogen-bond acceptors (Lipinski definition) is 5. The van der Waals surface area contributed by atoms with E-state index in [-0.39, 0.29) is 24.9 Å². The molecular weight excluding hydrogens is 370 g/mol. The molecule has 152 valence electrons. The monoisotopic (exact) mass is 395 g/mol. The zero-order valence-corrected chi connectivity index (χ0v) is 17.0. The zero-order chi connectivity index (χ0) is 21.0. The molecule has 1 heterocycles. The number of ether oxygens (including phenoxy) is 2. The molecule has 0 spiro atoms. The lowest BCUT2D eigenvalue weighted by Crippen LogP contribution is -2.23. The second-order valence-electron chi connectivity index (χ2n) is 7.30. The average molecular weight is 395 g/mol. The van der Waals surface area contributed by atoms with Crippen molar-refractivity contribution in [1.82, 2.24) is 0 Å². The molecule has 2 aromatic carbocycles. The first-order valence-electron chi connectivity index (χ1n) is 9.65. The van der Waals surface area contributed by atoms with E-state index in [4.69, 9.17) is 9.47 Å². The van der Waals surface area contributed by atoms with Crippen molar-refractivity contribution in [3.8, 4) is 5.75 Å². The highest BCUT2D eigenvalue weighted by Gasteiger charge is 2.21. The van der Waals surface area contributed by atoms with Crippen molar-refractivity contribution < 1.29 is 23.9 Å². The van der Waals surface area contributed by atoms with Gasteiger partial charge in [0.25, 0.3) is 0 Å². The Morgan fingerprint density at radius 1 is 1.00 bits per heavy atom. The van der Waals surface area contributed by atoms with Crippen molar-refractivity contribution in [2.24, 2.45) is 0 Å². The first-order chi connectivity index (χ1) is 13.8. The molecule has 1 aliphatic heterocycles. The zero-order valence-electron chi connectivity index (χ0n) is 17.0. The summed E-state index contributed by atoms with van der Waals surface area (Å²) in [6, 6.07) is 10.7. The van der Waals surface area contributed by atoms with Crippen molar-refractivity contribution in [3.63, 3.8) is 0 Å². The Labute approximate surface area is 170 Å². The van der Waals surface area contributed by atoms with Crippen molar-refractivity contribution >= 4 is 23.3 Å². The fourth-order valence-corrected chi connectivity index (χ4v) is 3.54. The van der Waals surface area contributed by atoms with Crippen LogP contribution in [0.15, 0.2) is 36.4 Å². The minimum atomic E-state index is -0.600. The fraction of sp³-hybridized carbons (Fsp3) is 0.348. The Bertz CT molecular complexity index is 910. The van der Waals surface area contributed by atoms with Gasteiger partial charge in [-0.1, -0.05) is 17.7 Å². The maximum Gasteiger partial charge on any atom is 0.344 e. The lowest BCUT2D eigenvalue weighted by atomic mass is 10.1. The molecule has 0 aromatic heterocycles. The van der Waals surface area contributed by atoms with E-state index in [2.05, 4.69) is 0 Å². The van der Waals surface area contributed by atoms with Gasteiger partial charge in [0.15, 0.2) is 19.0 Å². The van der Waals surface area contributed by atoms with Crippen molar-refractivity contribution in [2.75, 3.05) is 24.7 Å². The Balaban J connectivity index is 1.50. The molecule has 1 fully saturated rings. The topological polar surface area (TPSA) is 72.9 Å². The fourth-order valence-electron chi connectivity index (χ4n) is 3.54. The van der Waals surface area contributed by atoms with E-state index in [0.29, 0.717) is 24.3 Å². The van der Waals surface area contributed by atoms with Crippen LogP contribution in [0.25, 0.3) is 0 Å². The van der Waals surface area contributed by atoms with E-state index in [0.717, 1.165) is 28.8 Å². The Hall–Kier alpha value is -3.15. The summed E-state index contributed by atoms with van der Waals surface area (Å²) in [5, 5.41) is 0. The van der Waals surface area contributed by atoms with Gasteiger partial charge in [-0.2, -0.15) is 0 Å². The number of hydrogen-bond donors (Lipinski definition) is 0. The highest BCUT2D eigenvalue weighted by molar-refractivity contribution is 5.99. The van der Waals surface area contributed by atoms with Crippen LogP contribution < -0.4 is 9.64 Å². The van der Waals surface area contributed by atoms with E-state index in [1.165, 1.54) is 0 Å². The number of rotatable bonds is 7. The van der Waals surface area contributed by atoms with E-state index in [1.807, 2.05) is 32.9 Å². The largest absolute Gasteiger partial charge is 0.481 e. The number of benzene rings is 2. The third kappa shape index (κ3) is 5.02. The normalized spacial score (nSPS) is 13.5. The average Bonchev–Trinajstić information content (AvgIpc) is 3.11. The van der Waals surface area contributed by atoms with Gasteiger partial charge in [-0.25, -0.2) is 4.79 Å². The number of anilines is 1. The molecular formula is C23H25NO5. The summed E-state index contributed by atoms with van der Waals surface area (Å²) in [4.78, 5) is 37.7. The molecule has 1 amide bonds. The SMILES string of the molecule is Cc1cc(C)c(OCC(=O)OCC(=O)c2ccc(N3CCCC3=O)cc2)c(C)c1. The summed E-state index contributed by atoms with van der Waals surface area (Å²) in [7, 11) is 0. The van der Waals surface area contributed by atoms with Gasteiger partial charge in [0.1, 0.15) is 5.75 Å². The molecule has 1 aliphatic rings. The highest BCUT2D eigenvalue weighted by atomic mass is 16.6. The molecule has 0 saturated carbocycles. The number of Topliss-reactive ketones (excluding diaryl/α,β-unsaturated/α-hetero) is 1. The summed E-state index contributed by atoms with van der Waals surface area (Å²) in [6.45, 7) is 5.93. The van der Waals surface area contributed by atoms with Crippen LogP contribution in [0.5, 0.6) is 5.75 Å². The summed E-state index contributed by atoms with van der Waals surface area (Å²) in [5.74, 6) is -0.152.